The summed E-state index contributed by atoms with van der Waals surface area (Å²) in [6.07, 6.45) is 0. The van der Waals surface area contributed by atoms with Crippen molar-refractivity contribution in [1.29, 1.82) is 5.26 Å². The van der Waals surface area contributed by atoms with Crippen LogP contribution in [-0.4, -0.2) is 23.3 Å². The molecule has 0 amide bonds. The van der Waals surface area contributed by atoms with E-state index < -0.39 is 0 Å². The summed E-state index contributed by atoms with van der Waals surface area (Å²) in [5.74, 6) is 0. The molecule has 5 heterocycles. The molecule has 11 aromatic carbocycles. The molecule has 0 atom stereocenters. The lowest BCUT2D eigenvalue weighted by atomic mass is 9.91. The van der Waals surface area contributed by atoms with Gasteiger partial charge in [0.05, 0.1) is 78.3 Å². The van der Waals surface area contributed by atoms with Crippen molar-refractivity contribution in [2.24, 2.45) is 0 Å². The van der Waals surface area contributed by atoms with Gasteiger partial charge in [-0.1, -0.05) is 154 Å². The van der Waals surface area contributed by atoms with Crippen LogP contribution in [-0.2, 0) is 0 Å². The van der Waals surface area contributed by atoms with Gasteiger partial charge in [-0.15, -0.1) is 0 Å². The van der Waals surface area contributed by atoms with E-state index in [2.05, 4.69) is 298 Å². The Morgan fingerprint density at radius 3 is 0.802 bits per heavy atom. The fourth-order valence-corrected chi connectivity index (χ4v) is 14.1. The van der Waals surface area contributed by atoms with E-state index in [1.807, 2.05) is 0 Å². The van der Waals surface area contributed by atoms with E-state index in [1.165, 1.54) is 22.3 Å². The van der Waals surface area contributed by atoms with E-state index >= 15 is 0 Å². The van der Waals surface area contributed by atoms with Crippen molar-refractivity contribution in [3.63, 3.8) is 0 Å². The van der Waals surface area contributed by atoms with Gasteiger partial charge >= 0.3 is 0 Å². The minimum Gasteiger partial charge on any atom is -0.307 e. The molecule has 16 rings (SSSR count). The number of benzene rings is 11. The molecule has 16 aromatic rings. The van der Waals surface area contributed by atoms with E-state index in [9.17, 15) is 5.26 Å². The van der Waals surface area contributed by atoms with Gasteiger partial charge in [0.25, 0.3) is 0 Å². The maximum atomic E-state index is 13.2. The number of hydrogen-bond acceptors (Lipinski definition) is 2. The molecule has 0 N–H and O–H groups in total. The second kappa shape index (κ2) is 19.2. The highest BCUT2D eigenvalue weighted by molar-refractivity contribution is 6.18. The number of fused-ring (bicyclic) bond motifs is 12. The second-order valence-electron chi connectivity index (χ2n) is 24.1. The largest absolute Gasteiger partial charge is 0.307 e. The number of aromatic nitrogens is 5. The highest BCUT2D eigenvalue weighted by Crippen LogP contribution is 2.53. The first-order chi connectivity index (χ1) is 41.9. The molecule has 6 nitrogen and oxygen atoms in total. The predicted molar refractivity (Wildman–Crippen MR) is 361 cm³/mol. The lowest BCUT2D eigenvalue weighted by molar-refractivity contribution is 1.03. The van der Waals surface area contributed by atoms with Gasteiger partial charge in [-0.25, -0.2) is 4.98 Å². The van der Waals surface area contributed by atoms with Crippen LogP contribution in [0.4, 0.5) is 0 Å². The highest BCUT2D eigenvalue weighted by Gasteiger charge is 2.36. The highest BCUT2D eigenvalue weighted by atomic mass is 15.1. The molecule has 0 radical (unpaired) electrons. The third-order valence-electron chi connectivity index (χ3n) is 18.0. The molecule has 410 valence electrons. The van der Waals surface area contributed by atoms with Gasteiger partial charge in [0.15, 0.2) is 0 Å². The van der Waals surface area contributed by atoms with Crippen molar-refractivity contribution >= 4 is 87.2 Å². The Bertz CT molecular complexity index is 5320. The van der Waals surface area contributed by atoms with Crippen LogP contribution in [0.1, 0.15) is 50.1 Å². The lowest BCUT2D eigenvalue weighted by Crippen LogP contribution is -2.16. The van der Waals surface area contributed by atoms with E-state index in [0.717, 1.165) is 166 Å². The normalized spacial score (nSPS) is 11.9. The number of nitriles is 1. The molecule has 0 unspecified atom stereocenters. The number of nitrogens with zero attached hydrogens (tertiary/aromatic N) is 6. The van der Waals surface area contributed by atoms with Crippen LogP contribution in [0, 0.1) is 66.7 Å². The average molecular weight is 1110 g/mol. The quantitative estimate of drug-likeness (QED) is 0.160. The van der Waals surface area contributed by atoms with Gasteiger partial charge in [-0.3, -0.25) is 0 Å². The maximum Gasteiger partial charge on any atom is 0.104 e. The maximum absolute atomic E-state index is 13.2. The molecule has 0 aliphatic heterocycles. The number of pyridine rings is 1. The standard InChI is InChI=1S/C80H60N6/c1-46-19-27-68-57(35-46)58-36-47(2)20-28-69(58)83(68)77-65(45-81)78(84-70-29-21-48(3)37-59(70)60-38-49(4)22-30-71(60)84)80(86-74-33-25-52(7)41-63(74)64-42-53(8)26-34-75(64)86)79(85-72-31-23-50(5)39-61(72)62-40-51(6)24-32-73(62)85)76(77)56-43-66(54-15-11-9-12-16-54)82-67(44-56)55-17-13-10-14-18-55/h9-44H,1-8H3. The van der Waals surface area contributed by atoms with Gasteiger partial charge < -0.3 is 18.3 Å². The molecule has 0 fully saturated rings. The van der Waals surface area contributed by atoms with Crippen LogP contribution in [0.25, 0.3) is 144 Å². The molecule has 0 bridgehead atoms. The topological polar surface area (TPSA) is 56.4 Å². The fourth-order valence-electron chi connectivity index (χ4n) is 14.1. The average Bonchev–Trinajstić information content (AvgIpc) is 1.43. The van der Waals surface area contributed by atoms with Gasteiger partial charge in [0.2, 0.25) is 0 Å². The summed E-state index contributed by atoms with van der Waals surface area (Å²) in [6.45, 7) is 17.5. The first-order valence-electron chi connectivity index (χ1n) is 29.7. The van der Waals surface area contributed by atoms with E-state index in [0.29, 0.717) is 5.56 Å². The molecule has 0 aliphatic rings. The number of hydrogen-bond donors (Lipinski definition) is 0. The summed E-state index contributed by atoms with van der Waals surface area (Å²) < 4.78 is 9.94. The number of aryl methyl sites for hydroxylation is 8. The second-order valence-corrected chi connectivity index (χ2v) is 24.1. The molecule has 0 saturated carbocycles. The molecular weight excluding hydrogens is 1040 g/mol. The van der Waals surface area contributed by atoms with Gasteiger partial charge in [-0.05, 0) is 170 Å². The van der Waals surface area contributed by atoms with Crippen molar-refractivity contribution in [2.75, 3.05) is 0 Å². The van der Waals surface area contributed by atoms with Gasteiger partial charge in [0.1, 0.15) is 11.6 Å². The summed E-state index contributed by atoms with van der Waals surface area (Å²) in [6, 6.07) is 83.7. The molecule has 0 spiro atoms. The zero-order chi connectivity index (χ0) is 58.4. The Morgan fingerprint density at radius 1 is 0.267 bits per heavy atom. The third kappa shape index (κ3) is 7.67. The van der Waals surface area contributed by atoms with Crippen LogP contribution in [0.15, 0.2) is 218 Å². The zero-order valence-corrected chi connectivity index (χ0v) is 49.5. The van der Waals surface area contributed by atoms with Crippen LogP contribution >= 0.6 is 0 Å². The van der Waals surface area contributed by atoms with Crippen molar-refractivity contribution in [3.8, 4) is 62.5 Å². The molecule has 86 heavy (non-hydrogen) atoms. The first kappa shape index (κ1) is 50.9. The SMILES string of the molecule is Cc1ccc2c(c1)c1cc(C)ccc1n2-c1c(C#N)c(-n2c3ccc(C)cc3c3cc(C)ccc32)c(-n2c3ccc(C)cc3c3cc(C)ccc32)c(-n2c3ccc(C)cc3c3cc(C)ccc32)c1-c1cc(-c2ccccc2)nc(-c2ccccc2)c1. The third-order valence-corrected chi connectivity index (χ3v) is 18.0. The molecule has 0 aliphatic carbocycles. The monoisotopic (exact) mass is 1100 g/mol. The number of rotatable bonds is 7. The molecule has 6 heteroatoms. The van der Waals surface area contributed by atoms with E-state index in [1.54, 1.807) is 0 Å². The smallest absolute Gasteiger partial charge is 0.104 e. The van der Waals surface area contributed by atoms with Crippen LogP contribution in [0.5, 0.6) is 0 Å². The Labute approximate surface area is 499 Å². The fraction of sp³-hybridized carbons (Fsp3) is 0.100. The summed E-state index contributed by atoms with van der Waals surface area (Å²) in [4.78, 5) is 5.59. The Hall–Kier alpha value is -10.7. The summed E-state index contributed by atoms with van der Waals surface area (Å²) in [7, 11) is 0. The van der Waals surface area contributed by atoms with Gasteiger partial charge in [0, 0.05) is 59.8 Å². The summed E-state index contributed by atoms with van der Waals surface area (Å²) >= 11 is 0. The zero-order valence-electron chi connectivity index (χ0n) is 49.5. The van der Waals surface area contributed by atoms with Crippen molar-refractivity contribution in [3.05, 3.63) is 268 Å². The van der Waals surface area contributed by atoms with Crippen molar-refractivity contribution in [2.45, 2.75) is 55.4 Å². The van der Waals surface area contributed by atoms with Crippen molar-refractivity contribution in [1.82, 2.24) is 23.3 Å². The predicted octanol–water partition coefficient (Wildman–Crippen LogP) is 20.8. The van der Waals surface area contributed by atoms with Crippen LogP contribution < -0.4 is 0 Å². The van der Waals surface area contributed by atoms with Crippen LogP contribution in [0.3, 0.4) is 0 Å². The molecule has 0 saturated heterocycles. The Morgan fingerprint density at radius 2 is 0.523 bits per heavy atom. The molecular formula is C80H60N6. The minimum absolute atomic E-state index is 0.527. The van der Waals surface area contributed by atoms with E-state index in [4.69, 9.17) is 4.98 Å². The Kier molecular flexibility index (Phi) is 11.3. The summed E-state index contributed by atoms with van der Waals surface area (Å²) in [5.41, 5.74) is 26.8. The van der Waals surface area contributed by atoms with Crippen LogP contribution in [0.2, 0.25) is 0 Å². The lowest BCUT2D eigenvalue weighted by Gasteiger charge is -2.29. The molecule has 5 aromatic heterocycles. The van der Waals surface area contributed by atoms with Crippen molar-refractivity contribution < 1.29 is 0 Å². The summed E-state index contributed by atoms with van der Waals surface area (Å²) in [5, 5.41) is 22.3. The van der Waals surface area contributed by atoms with E-state index in [-0.39, 0.29) is 0 Å². The first-order valence-corrected chi connectivity index (χ1v) is 29.7. The Balaban J connectivity index is 1.28. The minimum atomic E-state index is 0.527. The van der Waals surface area contributed by atoms with Gasteiger partial charge in [-0.2, -0.15) is 5.26 Å².